The highest BCUT2D eigenvalue weighted by atomic mass is 32.2. The number of benzene rings is 1. The summed E-state index contributed by atoms with van der Waals surface area (Å²) in [5, 5.41) is 8.34. The Morgan fingerprint density at radius 3 is 3.06 bits per heavy atom. The van der Waals surface area contributed by atoms with Gasteiger partial charge >= 0.3 is 0 Å². The van der Waals surface area contributed by atoms with Crippen molar-refractivity contribution in [3.8, 4) is 0 Å². The molecule has 0 radical (unpaired) electrons. The van der Waals surface area contributed by atoms with Crippen molar-refractivity contribution in [1.82, 2.24) is 10.2 Å². The zero-order valence-corrected chi connectivity index (χ0v) is 10.7. The molecule has 0 aliphatic carbocycles. The molecule has 0 amide bonds. The van der Waals surface area contributed by atoms with Crippen LogP contribution in [0.15, 0.2) is 33.9 Å². The van der Waals surface area contributed by atoms with Crippen LogP contribution in [0.5, 0.6) is 0 Å². The zero-order valence-electron chi connectivity index (χ0n) is 9.93. The van der Waals surface area contributed by atoms with Gasteiger partial charge in [0, 0.05) is 12.9 Å². The lowest BCUT2D eigenvalue weighted by molar-refractivity contribution is 0.218. The van der Waals surface area contributed by atoms with Crippen LogP contribution in [-0.4, -0.2) is 29.7 Å². The summed E-state index contributed by atoms with van der Waals surface area (Å²) in [6, 6.07) is 6.35. The number of ether oxygens (including phenoxy) is 1. The second kappa shape index (κ2) is 6.51. The third kappa shape index (κ3) is 3.82. The maximum absolute atomic E-state index is 13.0. The van der Waals surface area contributed by atoms with Crippen LogP contribution in [0.3, 0.4) is 0 Å². The summed E-state index contributed by atoms with van der Waals surface area (Å²) in [5.41, 5.74) is 0.812. The molecule has 2 rings (SSSR count). The molecule has 2 aromatic rings. The van der Waals surface area contributed by atoms with E-state index in [0.717, 1.165) is 11.3 Å². The number of nitrogens with zero attached hydrogens (tertiary/aromatic N) is 2. The van der Waals surface area contributed by atoms with Gasteiger partial charge in [-0.05, 0) is 17.7 Å². The number of halogens is 1. The molecule has 0 N–H and O–H groups in total. The Bertz CT molecular complexity index is 504. The van der Waals surface area contributed by atoms with Crippen LogP contribution in [-0.2, 0) is 11.2 Å². The second-order valence-electron chi connectivity index (χ2n) is 3.61. The lowest BCUT2D eigenvalue weighted by Gasteiger charge is -1.96. The number of hydrogen-bond acceptors (Lipinski definition) is 5. The fraction of sp³-hybridized carbons (Fsp3) is 0.333. The summed E-state index contributed by atoms with van der Waals surface area (Å²) >= 11 is 1.44. The minimum absolute atomic E-state index is 0.262. The summed E-state index contributed by atoms with van der Waals surface area (Å²) in [5.74, 6) is 0.986. The van der Waals surface area contributed by atoms with Gasteiger partial charge < -0.3 is 9.15 Å². The second-order valence-corrected chi connectivity index (χ2v) is 4.66. The highest BCUT2D eigenvalue weighted by Crippen LogP contribution is 2.17. The molecule has 1 aromatic heterocycles. The van der Waals surface area contributed by atoms with E-state index < -0.39 is 0 Å². The maximum Gasteiger partial charge on any atom is 0.276 e. The number of hydrogen-bond donors (Lipinski definition) is 0. The van der Waals surface area contributed by atoms with Gasteiger partial charge in [-0.15, -0.1) is 10.2 Å². The van der Waals surface area contributed by atoms with Crippen LogP contribution in [0.2, 0.25) is 0 Å². The van der Waals surface area contributed by atoms with Crippen LogP contribution in [0, 0.1) is 5.82 Å². The summed E-state index contributed by atoms with van der Waals surface area (Å²) < 4.78 is 23.4. The van der Waals surface area contributed by atoms with E-state index in [-0.39, 0.29) is 5.82 Å². The molecule has 96 valence electrons. The Kier molecular flexibility index (Phi) is 4.72. The lowest BCUT2D eigenvalue weighted by atomic mass is 10.1. The standard InChI is InChI=1S/C12H13FN2O2S/c1-16-5-6-18-12-15-14-11(17-12)8-9-3-2-4-10(13)7-9/h2-4,7H,5-6,8H2,1H3. The van der Waals surface area contributed by atoms with Gasteiger partial charge in [-0.1, -0.05) is 23.9 Å². The van der Waals surface area contributed by atoms with E-state index >= 15 is 0 Å². The van der Waals surface area contributed by atoms with Crippen molar-refractivity contribution in [2.24, 2.45) is 0 Å². The van der Waals surface area contributed by atoms with Gasteiger partial charge in [0.25, 0.3) is 5.22 Å². The number of methoxy groups -OCH3 is 1. The van der Waals surface area contributed by atoms with E-state index in [1.807, 2.05) is 6.07 Å². The first-order chi connectivity index (χ1) is 8.78. The monoisotopic (exact) mass is 268 g/mol. The Hall–Kier alpha value is -1.40. The van der Waals surface area contributed by atoms with Gasteiger partial charge in [0.15, 0.2) is 0 Å². The van der Waals surface area contributed by atoms with E-state index in [1.54, 1.807) is 13.2 Å². The average Bonchev–Trinajstić information content (AvgIpc) is 2.77. The fourth-order valence-electron chi connectivity index (χ4n) is 1.40. The summed E-state index contributed by atoms with van der Waals surface area (Å²) in [6.45, 7) is 0.631. The molecule has 6 heteroatoms. The SMILES string of the molecule is COCCSc1nnc(Cc2cccc(F)c2)o1. The van der Waals surface area contributed by atoms with Crippen molar-refractivity contribution in [2.45, 2.75) is 11.6 Å². The van der Waals surface area contributed by atoms with E-state index in [2.05, 4.69) is 10.2 Å². The number of aromatic nitrogens is 2. The summed E-state index contributed by atoms with van der Waals surface area (Å²) in [6.07, 6.45) is 0.440. The predicted molar refractivity (Wildman–Crippen MR) is 66.1 cm³/mol. The van der Waals surface area contributed by atoms with Crippen molar-refractivity contribution >= 4 is 11.8 Å². The highest BCUT2D eigenvalue weighted by molar-refractivity contribution is 7.99. The Balaban J connectivity index is 1.94. The molecule has 1 aromatic carbocycles. The van der Waals surface area contributed by atoms with Gasteiger partial charge in [0.2, 0.25) is 5.89 Å². The van der Waals surface area contributed by atoms with Crippen LogP contribution in [0.1, 0.15) is 11.5 Å². The molecule has 0 atom stereocenters. The molecule has 0 aliphatic rings. The molecule has 4 nitrogen and oxygen atoms in total. The molecular weight excluding hydrogens is 255 g/mol. The number of thioether (sulfide) groups is 1. The van der Waals surface area contributed by atoms with Crippen LogP contribution >= 0.6 is 11.8 Å². The number of rotatable bonds is 6. The molecule has 0 spiro atoms. The molecule has 0 fully saturated rings. The first-order valence-electron chi connectivity index (χ1n) is 5.46. The average molecular weight is 268 g/mol. The quantitative estimate of drug-likeness (QED) is 0.595. The third-order valence-electron chi connectivity index (χ3n) is 2.21. The van der Waals surface area contributed by atoms with E-state index in [1.165, 1.54) is 23.9 Å². The molecule has 0 unspecified atom stereocenters. The van der Waals surface area contributed by atoms with Gasteiger partial charge in [-0.25, -0.2) is 4.39 Å². The van der Waals surface area contributed by atoms with E-state index in [4.69, 9.17) is 9.15 Å². The van der Waals surface area contributed by atoms with E-state index in [9.17, 15) is 4.39 Å². The van der Waals surface area contributed by atoms with Crippen LogP contribution in [0.4, 0.5) is 4.39 Å². The predicted octanol–water partition coefficient (Wildman–Crippen LogP) is 2.54. The maximum atomic E-state index is 13.0. The Morgan fingerprint density at radius 2 is 2.28 bits per heavy atom. The Labute approximate surface area is 109 Å². The molecule has 0 bridgehead atoms. The van der Waals surface area contributed by atoms with Crippen molar-refractivity contribution in [2.75, 3.05) is 19.5 Å². The molecular formula is C12H13FN2O2S. The topological polar surface area (TPSA) is 48.2 Å². The smallest absolute Gasteiger partial charge is 0.276 e. The van der Waals surface area contributed by atoms with E-state index in [0.29, 0.717) is 24.1 Å². The zero-order chi connectivity index (χ0) is 12.8. The summed E-state index contributed by atoms with van der Waals surface area (Å²) in [7, 11) is 1.64. The first kappa shape index (κ1) is 13.0. The van der Waals surface area contributed by atoms with Crippen molar-refractivity contribution in [3.05, 3.63) is 41.5 Å². The largest absolute Gasteiger partial charge is 0.416 e. The molecule has 18 heavy (non-hydrogen) atoms. The van der Waals surface area contributed by atoms with Gasteiger partial charge in [0.1, 0.15) is 5.82 Å². The van der Waals surface area contributed by atoms with Gasteiger partial charge in [-0.3, -0.25) is 0 Å². The highest BCUT2D eigenvalue weighted by Gasteiger charge is 2.07. The summed E-state index contributed by atoms with van der Waals surface area (Å²) in [4.78, 5) is 0. The fourth-order valence-corrected chi connectivity index (χ4v) is 2.08. The molecule has 0 saturated carbocycles. The van der Waals surface area contributed by atoms with Crippen molar-refractivity contribution in [1.29, 1.82) is 0 Å². The molecule has 0 saturated heterocycles. The lowest BCUT2D eigenvalue weighted by Crippen LogP contribution is -1.90. The minimum atomic E-state index is -0.262. The van der Waals surface area contributed by atoms with Crippen molar-refractivity contribution < 1.29 is 13.5 Å². The van der Waals surface area contributed by atoms with Crippen molar-refractivity contribution in [3.63, 3.8) is 0 Å². The van der Waals surface area contributed by atoms with Gasteiger partial charge in [0.05, 0.1) is 13.0 Å². The molecule has 0 aliphatic heterocycles. The third-order valence-corrected chi connectivity index (χ3v) is 2.99. The van der Waals surface area contributed by atoms with Gasteiger partial charge in [-0.2, -0.15) is 0 Å². The Morgan fingerprint density at radius 1 is 1.39 bits per heavy atom. The normalized spacial score (nSPS) is 10.8. The van der Waals surface area contributed by atoms with Crippen LogP contribution < -0.4 is 0 Å². The molecule has 1 heterocycles. The first-order valence-corrected chi connectivity index (χ1v) is 6.45. The van der Waals surface area contributed by atoms with Crippen LogP contribution in [0.25, 0.3) is 0 Å². The minimum Gasteiger partial charge on any atom is -0.416 e.